The summed E-state index contributed by atoms with van der Waals surface area (Å²) in [5.74, 6) is 0.231. The highest BCUT2D eigenvalue weighted by Gasteiger charge is 2.25. The molecule has 0 saturated heterocycles. The van der Waals surface area contributed by atoms with Gasteiger partial charge in [-0.3, -0.25) is 4.79 Å². The van der Waals surface area contributed by atoms with E-state index in [9.17, 15) is 9.18 Å². The summed E-state index contributed by atoms with van der Waals surface area (Å²) in [6.07, 6.45) is 3.99. The Morgan fingerprint density at radius 3 is 2.82 bits per heavy atom. The lowest BCUT2D eigenvalue weighted by molar-refractivity contribution is -0.136. The van der Waals surface area contributed by atoms with Crippen LogP contribution in [0.25, 0.3) is 23.1 Å². The fourth-order valence-corrected chi connectivity index (χ4v) is 5.40. The summed E-state index contributed by atoms with van der Waals surface area (Å²) in [7, 11) is 0. The summed E-state index contributed by atoms with van der Waals surface area (Å²) in [5, 5.41) is 9.60. The van der Waals surface area contributed by atoms with Crippen LogP contribution in [0.3, 0.4) is 0 Å². The van der Waals surface area contributed by atoms with Gasteiger partial charge in [0, 0.05) is 16.7 Å². The molecule has 0 spiro atoms. The second-order valence-electron chi connectivity index (χ2n) is 8.06. The molecule has 34 heavy (non-hydrogen) atoms. The van der Waals surface area contributed by atoms with Gasteiger partial charge in [0.15, 0.2) is 0 Å². The molecule has 0 radical (unpaired) electrons. The number of hydrogen-bond acceptors (Lipinski definition) is 4. The lowest BCUT2D eigenvalue weighted by Crippen LogP contribution is -2.03. The summed E-state index contributed by atoms with van der Waals surface area (Å²) < 4.78 is 20.0. The van der Waals surface area contributed by atoms with Crippen LogP contribution in [0.4, 0.5) is 4.39 Å². The average molecular weight is 472 g/mol. The molecule has 1 N–H and O–H groups in total. The first kappa shape index (κ1) is 22.2. The van der Waals surface area contributed by atoms with Gasteiger partial charge < -0.3 is 9.84 Å². The topological polar surface area (TPSA) is 59.4 Å². The molecule has 4 aromatic rings. The fourth-order valence-electron chi connectivity index (χ4n) is 4.10. The molecule has 0 fully saturated rings. The fraction of sp³-hybridized carbons (Fsp3) is 0.143. The van der Waals surface area contributed by atoms with Crippen molar-refractivity contribution in [3.63, 3.8) is 0 Å². The first-order chi connectivity index (χ1) is 16.6. The van der Waals surface area contributed by atoms with Gasteiger partial charge in [-0.1, -0.05) is 42.5 Å². The molecule has 0 amide bonds. The highest BCUT2D eigenvalue weighted by molar-refractivity contribution is 7.99. The normalized spacial score (nSPS) is 14.9. The molecule has 5 rings (SSSR count). The van der Waals surface area contributed by atoms with Crippen LogP contribution in [0.2, 0.25) is 0 Å². The minimum absolute atomic E-state index is 0.0248. The van der Waals surface area contributed by atoms with Crippen molar-refractivity contribution >= 4 is 40.8 Å². The number of nitrogens with zero attached hydrogens (tertiary/aromatic N) is 1. The average Bonchev–Trinajstić information content (AvgIpc) is 2.99. The molecule has 170 valence electrons. The summed E-state index contributed by atoms with van der Waals surface area (Å²) in [6, 6.07) is 22.6. The number of aliphatic carboxylic acids is 1. The van der Waals surface area contributed by atoms with E-state index in [0.717, 1.165) is 33.7 Å². The number of aromatic nitrogens is 1. The van der Waals surface area contributed by atoms with Gasteiger partial charge in [-0.25, -0.2) is 9.37 Å². The Labute approximate surface area is 201 Å². The first-order valence-corrected chi connectivity index (χ1v) is 12.0. The Bertz CT molecular complexity index is 1400. The Morgan fingerprint density at radius 1 is 1.06 bits per heavy atom. The van der Waals surface area contributed by atoms with Crippen LogP contribution in [-0.2, 0) is 11.4 Å². The van der Waals surface area contributed by atoms with E-state index >= 15 is 0 Å². The Morgan fingerprint density at radius 2 is 1.94 bits per heavy atom. The van der Waals surface area contributed by atoms with Crippen molar-refractivity contribution in [3.8, 4) is 5.75 Å². The van der Waals surface area contributed by atoms with Crippen molar-refractivity contribution in [3.05, 3.63) is 107 Å². The quantitative estimate of drug-likeness (QED) is 0.338. The predicted molar refractivity (Wildman–Crippen MR) is 134 cm³/mol. The molecule has 1 atom stereocenters. The SMILES string of the molecule is O=C(O)CCSC1c2ccccc2COc2ccc(/C=C/c3ccc4c(F)cccc4n3)cc21. The van der Waals surface area contributed by atoms with Crippen LogP contribution in [0, 0.1) is 5.82 Å². The third-order valence-corrected chi connectivity index (χ3v) is 7.07. The molecular formula is C28H22FNO3S. The second-order valence-corrected chi connectivity index (χ2v) is 9.27. The van der Waals surface area contributed by atoms with Gasteiger partial charge in [0.2, 0.25) is 0 Å². The van der Waals surface area contributed by atoms with E-state index in [1.807, 2.05) is 36.4 Å². The highest BCUT2D eigenvalue weighted by atomic mass is 32.2. The molecule has 2 heterocycles. The molecule has 0 aliphatic carbocycles. The Balaban J connectivity index is 1.47. The zero-order chi connectivity index (χ0) is 23.5. The van der Waals surface area contributed by atoms with Crippen LogP contribution >= 0.6 is 11.8 Å². The predicted octanol–water partition coefficient (Wildman–Crippen LogP) is 6.73. The maximum atomic E-state index is 13.9. The summed E-state index contributed by atoms with van der Waals surface area (Å²) >= 11 is 1.62. The maximum absolute atomic E-state index is 13.9. The van der Waals surface area contributed by atoms with Gasteiger partial charge in [0.05, 0.1) is 22.9 Å². The number of ether oxygens (including phenoxy) is 1. The number of fused-ring (bicyclic) bond motifs is 3. The van der Waals surface area contributed by atoms with E-state index in [-0.39, 0.29) is 17.5 Å². The van der Waals surface area contributed by atoms with Gasteiger partial charge in [0.1, 0.15) is 18.2 Å². The maximum Gasteiger partial charge on any atom is 0.304 e. The van der Waals surface area contributed by atoms with E-state index in [0.29, 0.717) is 23.3 Å². The minimum Gasteiger partial charge on any atom is -0.489 e. The van der Waals surface area contributed by atoms with Gasteiger partial charge in [-0.05, 0) is 59.2 Å². The third kappa shape index (κ3) is 4.68. The van der Waals surface area contributed by atoms with E-state index in [1.165, 1.54) is 6.07 Å². The molecule has 0 bridgehead atoms. The number of pyridine rings is 1. The van der Waals surface area contributed by atoms with E-state index < -0.39 is 5.97 Å². The van der Waals surface area contributed by atoms with Crippen molar-refractivity contribution in [1.29, 1.82) is 0 Å². The number of carboxylic acids is 1. The van der Waals surface area contributed by atoms with Crippen molar-refractivity contribution < 1.29 is 19.0 Å². The molecule has 0 saturated carbocycles. The molecule has 6 heteroatoms. The number of carboxylic acid groups (broad SMARTS) is 1. The first-order valence-electron chi connectivity index (χ1n) is 11.0. The lowest BCUT2D eigenvalue weighted by Gasteiger charge is -2.19. The lowest BCUT2D eigenvalue weighted by atomic mass is 9.98. The molecule has 1 aliphatic rings. The number of hydrogen-bond donors (Lipinski definition) is 1. The van der Waals surface area contributed by atoms with Crippen molar-refractivity contribution in [1.82, 2.24) is 4.98 Å². The van der Waals surface area contributed by atoms with Gasteiger partial charge in [0.25, 0.3) is 0 Å². The Hall–Kier alpha value is -3.64. The molecule has 1 unspecified atom stereocenters. The van der Waals surface area contributed by atoms with Crippen LogP contribution in [0.15, 0.2) is 72.8 Å². The Kier molecular flexibility index (Phi) is 6.32. The summed E-state index contributed by atoms with van der Waals surface area (Å²) in [6.45, 7) is 0.478. The monoisotopic (exact) mass is 471 g/mol. The third-order valence-electron chi connectivity index (χ3n) is 5.78. The molecule has 3 aromatic carbocycles. The van der Waals surface area contributed by atoms with Crippen LogP contribution in [0.1, 0.15) is 39.6 Å². The minimum atomic E-state index is -0.801. The standard InChI is InChI=1S/C28H22FNO3S/c29-24-6-3-7-25-22(24)12-11-20(30-25)10-8-18-9-13-26-23(16-18)28(34-15-14-27(31)32)21-5-2-1-4-19(21)17-33-26/h1-13,16,28H,14-15,17H2,(H,31,32)/b10-8+. The number of benzene rings is 3. The van der Waals surface area contributed by atoms with Gasteiger partial charge >= 0.3 is 5.97 Å². The summed E-state index contributed by atoms with van der Waals surface area (Å²) in [4.78, 5) is 15.6. The molecule has 4 nitrogen and oxygen atoms in total. The van der Waals surface area contributed by atoms with E-state index in [4.69, 9.17) is 9.84 Å². The molecular weight excluding hydrogens is 449 g/mol. The van der Waals surface area contributed by atoms with Crippen LogP contribution in [0.5, 0.6) is 5.75 Å². The number of thioether (sulfide) groups is 1. The van der Waals surface area contributed by atoms with Crippen LogP contribution < -0.4 is 4.74 Å². The number of halogens is 1. The van der Waals surface area contributed by atoms with E-state index in [1.54, 1.807) is 36.0 Å². The zero-order valence-corrected chi connectivity index (χ0v) is 19.1. The van der Waals surface area contributed by atoms with E-state index in [2.05, 4.69) is 23.2 Å². The zero-order valence-electron chi connectivity index (χ0n) is 18.3. The largest absolute Gasteiger partial charge is 0.489 e. The van der Waals surface area contributed by atoms with Crippen molar-refractivity contribution in [2.75, 3.05) is 5.75 Å². The number of rotatable bonds is 6. The molecule has 1 aromatic heterocycles. The van der Waals surface area contributed by atoms with Gasteiger partial charge in [-0.2, -0.15) is 0 Å². The van der Waals surface area contributed by atoms with Crippen molar-refractivity contribution in [2.45, 2.75) is 18.3 Å². The highest BCUT2D eigenvalue weighted by Crippen LogP contribution is 2.44. The van der Waals surface area contributed by atoms with Gasteiger partial charge in [-0.15, -0.1) is 11.8 Å². The number of carbonyl (C=O) groups is 1. The van der Waals surface area contributed by atoms with Crippen molar-refractivity contribution in [2.24, 2.45) is 0 Å². The second kappa shape index (κ2) is 9.69. The smallest absolute Gasteiger partial charge is 0.304 e. The molecule has 1 aliphatic heterocycles. The van der Waals surface area contributed by atoms with Crippen LogP contribution in [-0.4, -0.2) is 21.8 Å². The summed E-state index contributed by atoms with van der Waals surface area (Å²) in [5.41, 5.74) is 5.61.